The Hall–Kier alpha value is -0.520. The SMILES string of the molecule is COc1nc(OC)nc(C(Cl)(Cl)CCl)n1. The first-order valence-electron chi connectivity index (χ1n) is 3.82. The van der Waals surface area contributed by atoms with Crippen LogP contribution in [0.15, 0.2) is 0 Å². The first-order chi connectivity index (χ1) is 7.03. The van der Waals surface area contributed by atoms with Gasteiger partial charge in [0.2, 0.25) is 0 Å². The summed E-state index contributed by atoms with van der Waals surface area (Å²) in [6, 6.07) is 0.125. The molecule has 8 heteroatoms. The molecule has 0 aliphatic carbocycles. The highest BCUT2D eigenvalue weighted by Gasteiger charge is 2.30. The molecule has 0 saturated carbocycles. The molecule has 0 fully saturated rings. The summed E-state index contributed by atoms with van der Waals surface area (Å²) in [5.74, 6) is 0.0245. The number of rotatable bonds is 4. The standard InChI is InChI=1S/C7H8Cl3N3O2/c1-14-5-11-4(7(9,10)3-8)12-6(13-5)15-2/h3H2,1-2H3. The molecule has 0 N–H and O–H groups in total. The Morgan fingerprint density at radius 1 is 1.07 bits per heavy atom. The lowest BCUT2D eigenvalue weighted by Crippen LogP contribution is -2.18. The van der Waals surface area contributed by atoms with Gasteiger partial charge in [0.1, 0.15) is 0 Å². The van der Waals surface area contributed by atoms with Crippen molar-refractivity contribution in [1.82, 2.24) is 15.0 Å². The van der Waals surface area contributed by atoms with Gasteiger partial charge in [-0.25, -0.2) is 0 Å². The quantitative estimate of drug-likeness (QED) is 0.782. The summed E-state index contributed by atoms with van der Waals surface area (Å²) in [5, 5.41) is 0. The third-order valence-corrected chi connectivity index (χ3v) is 2.73. The highest BCUT2D eigenvalue weighted by molar-refractivity contribution is 6.50. The Morgan fingerprint density at radius 2 is 1.53 bits per heavy atom. The highest BCUT2D eigenvalue weighted by atomic mass is 35.5. The minimum Gasteiger partial charge on any atom is -0.467 e. The van der Waals surface area contributed by atoms with Crippen LogP contribution in [-0.4, -0.2) is 35.1 Å². The fraction of sp³-hybridized carbons (Fsp3) is 0.571. The second-order valence-corrected chi connectivity index (χ2v) is 4.22. The summed E-state index contributed by atoms with van der Waals surface area (Å²) in [5.41, 5.74) is 0. The van der Waals surface area contributed by atoms with Crippen molar-refractivity contribution in [2.45, 2.75) is 4.33 Å². The third kappa shape index (κ3) is 2.96. The zero-order valence-electron chi connectivity index (χ0n) is 8.00. The number of hydrogen-bond acceptors (Lipinski definition) is 5. The normalized spacial score (nSPS) is 11.3. The Morgan fingerprint density at radius 3 is 1.87 bits per heavy atom. The third-order valence-electron chi connectivity index (χ3n) is 1.45. The fourth-order valence-electron chi connectivity index (χ4n) is 0.744. The van der Waals surface area contributed by atoms with Gasteiger partial charge in [0, 0.05) is 0 Å². The molecule has 0 aliphatic heterocycles. The van der Waals surface area contributed by atoms with Crippen LogP contribution >= 0.6 is 34.8 Å². The van der Waals surface area contributed by atoms with Crippen LogP contribution in [0.25, 0.3) is 0 Å². The Kier molecular flexibility index (Phi) is 4.19. The Labute approximate surface area is 102 Å². The van der Waals surface area contributed by atoms with E-state index in [0.29, 0.717) is 0 Å². The molecule has 84 valence electrons. The van der Waals surface area contributed by atoms with E-state index in [4.69, 9.17) is 44.3 Å². The van der Waals surface area contributed by atoms with Crippen molar-refractivity contribution in [2.75, 3.05) is 20.1 Å². The second kappa shape index (κ2) is 5.01. The first-order valence-corrected chi connectivity index (χ1v) is 5.11. The maximum Gasteiger partial charge on any atom is 0.322 e. The molecule has 0 amide bonds. The fourth-order valence-corrected chi connectivity index (χ4v) is 1.03. The van der Waals surface area contributed by atoms with Crippen LogP contribution in [0.1, 0.15) is 5.82 Å². The molecule has 0 unspecified atom stereocenters. The number of alkyl halides is 3. The van der Waals surface area contributed by atoms with Gasteiger partial charge < -0.3 is 9.47 Å². The second-order valence-electron chi connectivity index (χ2n) is 2.47. The number of hydrogen-bond donors (Lipinski definition) is 0. The minimum atomic E-state index is -1.40. The van der Waals surface area contributed by atoms with Crippen LogP contribution in [0.3, 0.4) is 0 Å². The number of methoxy groups -OCH3 is 2. The Balaban J connectivity index is 3.18. The van der Waals surface area contributed by atoms with Crippen molar-refractivity contribution in [3.8, 4) is 12.0 Å². The van der Waals surface area contributed by atoms with Gasteiger partial charge in [-0.1, -0.05) is 23.2 Å². The minimum absolute atomic E-state index is 0.0626. The van der Waals surface area contributed by atoms with Crippen LogP contribution in [0.4, 0.5) is 0 Å². The van der Waals surface area contributed by atoms with Crippen molar-refractivity contribution in [1.29, 1.82) is 0 Å². The molecular formula is C7H8Cl3N3O2. The van der Waals surface area contributed by atoms with Crippen LogP contribution in [-0.2, 0) is 4.33 Å². The van der Waals surface area contributed by atoms with E-state index in [9.17, 15) is 0 Å². The topological polar surface area (TPSA) is 57.1 Å². The van der Waals surface area contributed by atoms with E-state index in [1.54, 1.807) is 0 Å². The lowest BCUT2D eigenvalue weighted by atomic mass is 10.4. The molecule has 1 aromatic rings. The summed E-state index contributed by atoms with van der Waals surface area (Å²) >= 11 is 17.3. The highest BCUT2D eigenvalue weighted by Crippen LogP contribution is 2.33. The maximum atomic E-state index is 5.87. The van der Waals surface area contributed by atoms with Crippen LogP contribution in [0.2, 0.25) is 0 Å². The largest absolute Gasteiger partial charge is 0.467 e. The van der Waals surface area contributed by atoms with Gasteiger partial charge in [-0.05, 0) is 0 Å². The molecule has 0 spiro atoms. The van der Waals surface area contributed by atoms with Crippen molar-refractivity contribution in [3.63, 3.8) is 0 Å². The van der Waals surface area contributed by atoms with E-state index in [1.165, 1.54) is 14.2 Å². The predicted octanol–water partition coefficient (Wildman–Crippen LogP) is 1.76. The zero-order chi connectivity index (χ0) is 11.5. The maximum absolute atomic E-state index is 5.87. The zero-order valence-corrected chi connectivity index (χ0v) is 10.3. The van der Waals surface area contributed by atoms with Crippen molar-refractivity contribution in [2.24, 2.45) is 0 Å². The van der Waals surface area contributed by atoms with Crippen molar-refractivity contribution >= 4 is 34.8 Å². The summed E-state index contributed by atoms with van der Waals surface area (Å²) in [6.45, 7) is 0. The molecular weight excluding hydrogens is 264 g/mol. The van der Waals surface area contributed by atoms with Gasteiger partial charge in [0.25, 0.3) is 0 Å². The smallest absolute Gasteiger partial charge is 0.322 e. The molecule has 0 saturated heterocycles. The van der Waals surface area contributed by atoms with Gasteiger partial charge in [-0.15, -0.1) is 16.6 Å². The van der Waals surface area contributed by atoms with E-state index in [0.717, 1.165) is 0 Å². The number of nitrogens with zero attached hydrogens (tertiary/aromatic N) is 3. The van der Waals surface area contributed by atoms with E-state index >= 15 is 0 Å². The molecule has 5 nitrogen and oxygen atoms in total. The van der Waals surface area contributed by atoms with Gasteiger partial charge in [-0.2, -0.15) is 9.97 Å². The molecule has 0 aliphatic rings. The predicted molar refractivity (Wildman–Crippen MR) is 57.0 cm³/mol. The molecule has 0 atom stereocenters. The van der Waals surface area contributed by atoms with Crippen molar-refractivity contribution in [3.05, 3.63) is 5.82 Å². The lowest BCUT2D eigenvalue weighted by Gasteiger charge is -2.14. The Bertz CT molecular complexity index is 326. The lowest BCUT2D eigenvalue weighted by molar-refractivity contribution is 0.335. The number of aromatic nitrogens is 3. The average Bonchev–Trinajstić information content (AvgIpc) is 2.28. The van der Waals surface area contributed by atoms with Gasteiger partial charge >= 0.3 is 12.0 Å². The van der Waals surface area contributed by atoms with Gasteiger partial charge in [-0.3, -0.25) is 0 Å². The summed E-state index contributed by atoms with van der Waals surface area (Å²) in [7, 11) is 2.81. The monoisotopic (exact) mass is 271 g/mol. The van der Waals surface area contributed by atoms with E-state index < -0.39 is 4.33 Å². The van der Waals surface area contributed by atoms with Crippen molar-refractivity contribution < 1.29 is 9.47 Å². The van der Waals surface area contributed by atoms with Crippen LogP contribution in [0, 0.1) is 0 Å². The molecule has 1 heterocycles. The summed E-state index contributed by atoms with van der Waals surface area (Å²) in [4.78, 5) is 11.5. The van der Waals surface area contributed by atoms with E-state index in [1.807, 2.05) is 0 Å². The molecule has 1 aromatic heterocycles. The van der Waals surface area contributed by atoms with Crippen LogP contribution < -0.4 is 9.47 Å². The number of ether oxygens (including phenoxy) is 2. The van der Waals surface area contributed by atoms with E-state index in [2.05, 4.69) is 15.0 Å². The van der Waals surface area contributed by atoms with Gasteiger partial charge in [0.05, 0.1) is 20.1 Å². The average molecular weight is 273 g/mol. The molecule has 1 rings (SSSR count). The van der Waals surface area contributed by atoms with Crippen LogP contribution in [0.5, 0.6) is 12.0 Å². The first kappa shape index (κ1) is 12.5. The molecule has 15 heavy (non-hydrogen) atoms. The molecule has 0 bridgehead atoms. The molecule has 0 aromatic carbocycles. The summed E-state index contributed by atoms with van der Waals surface area (Å²) < 4.78 is 8.27. The molecule has 0 radical (unpaired) electrons. The number of halogens is 3. The van der Waals surface area contributed by atoms with Gasteiger partial charge in [0.15, 0.2) is 10.2 Å². The summed E-state index contributed by atoms with van der Waals surface area (Å²) in [6.07, 6.45) is 0. The van der Waals surface area contributed by atoms with E-state index in [-0.39, 0.29) is 23.7 Å².